The maximum Gasteiger partial charge on any atom is 0.326 e. The number of aliphatic hydroxyl groups excluding tert-OH is 2. The number of thiocarbonyl (C=S) groups is 2. The Morgan fingerprint density at radius 3 is 2.29 bits per heavy atom. The number of hydrogen-bond donors (Lipinski definition) is 13. The molecule has 0 saturated carbocycles. The van der Waals surface area contributed by atoms with Crippen molar-refractivity contribution in [2.24, 2.45) is 5.92 Å². The first kappa shape index (κ1) is 60.6. The lowest BCUT2D eigenvalue weighted by atomic mass is 10.0. The predicted octanol–water partition coefficient (Wildman–Crippen LogP) is -1.19. The summed E-state index contributed by atoms with van der Waals surface area (Å²) < 4.78 is 10.6. The van der Waals surface area contributed by atoms with Gasteiger partial charge >= 0.3 is 17.9 Å². The third-order valence-corrected chi connectivity index (χ3v) is 15.1. The van der Waals surface area contributed by atoms with E-state index in [0.717, 1.165) is 21.6 Å². The lowest BCUT2D eigenvalue weighted by molar-refractivity contribution is -0.142. The number of fused-ring (bicyclic) bond motifs is 5. The van der Waals surface area contributed by atoms with Gasteiger partial charge in [-0.15, -0.1) is 0 Å². The van der Waals surface area contributed by atoms with Gasteiger partial charge in [0.2, 0.25) is 47.1 Å². The molecule has 2 aliphatic heterocycles. The van der Waals surface area contributed by atoms with Crippen molar-refractivity contribution in [2.75, 3.05) is 56.4 Å². The number of hydrogen-bond acceptors (Lipinski definition) is 22. The van der Waals surface area contributed by atoms with Gasteiger partial charge in [-0.1, -0.05) is 72.0 Å². The number of rotatable bonds is 19. The molecule has 2 aromatic heterocycles. The first-order valence-corrected chi connectivity index (χ1v) is 28.1. The number of oxazole rings is 2. The number of aromatic hydroxyl groups is 3. The van der Waals surface area contributed by atoms with E-state index in [-0.39, 0.29) is 89.2 Å². The molecule has 0 spiro atoms. The number of thioether (sulfide) groups is 1. The van der Waals surface area contributed by atoms with Crippen LogP contribution in [-0.2, 0) is 40.0 Å². The van der Waals surface area contributed by atoms with Crippen LogP contribution in [0, 0.1) is 5.92 Å². The van der Waals surface area contributed by atoms with Crippen LogP contribution in [0.15, 0.2) is 33.1 Å². The number of carboxylic acids is 1. The van der Waals surface area contributed by atoms with Crippen LogP contribution in [0.1, 0.15) is 72.6 Å². The van der Waals surface area contributed by atoms with Crippen molar-refractivity contribution in [2.45, 2.75) is 81.7 Å². The second-order valence-electron chi connectivity index (χ2n) is 17.7. The SMILES string of the molecule is CSCC[C@H](NC(=O)[C@@H]1CSSC[C@H](NC(=O)[C@H](CO)NC(=O)CNC(=S)c2nc(C(=O)CC(C)C)oc2O)C(=O)N[C@@H](Cc2ccc(O)cc2)C(=O)N2CCC(C2)c2nc(c(O)o2)C(=S)NC(CO)C(=O)N1)C(=O)O. The molecule has 3 aromatic rings. The Hall–Kier alpha value is -6.25. The van der Waals surface area contributed by atoms with Gasteiger partial charge in [-0.25, -0.2) is 9.78 Å². The lowest BCUT2D eigenvalue weighted by Gasteiger charge is -2.27. The molecule has 1 saturated heterocycles. The van der Waals surface area contributed by atoms with Gasteiger partial charge in [-0.2, -0.15) is 16.7 Å². The number of nitrogens with one attached hydrogen (secondary N) is 7. The molecule has 0 aliphatic carbocycles. The molecule has 5 rings (SSSR count). The molecule has 414 valence electrons. The fraction of sp³-hybridized carbons (Fsp3) is 0.511. The minimum Gasteiger partial charge on any atom is -0.508 e. The number of amides is 6. The molecule has 4 heterocycles. The van der Waals surface area contributed by atoms with E-state index in [1.165, 1.54) is 40.9 Å². The molecule has 1 aromatic carbocycles. The number of aliphatic hydroxyl groups is 2. The zero-order valence-electron chi connectivity index (χ0n) is 41.1. The Kier molecular flexibility index (Phi) is 22.9. The molecule has 13 N–H and O–H groups in total. The van der Waals surface area contributed by atoms with E-state index in [4.69, 9.17) is 33.3 Å². The van der Waals surface area contributed by atoms with Crippen LogP contribution in [0.4, 0.5) is 0 Å². The van der Waals surface area contributed by atoms with Crippen molar-refractivity contribution < 1.29 is 77.8 Å². The van der Waals surface area contributed by atoms with Gasteiger partial charge in [0.25, 0.3) is 5.89 Å². The number of nitrogens with zero attached hydrogens (tertiary/aromatic N) is 3. The Labute approximate surface area is 457 Å². The smallest absolute Gasteiger partial charge is 0.326 e. The number of aliphatic carboxylic acids is 1. The number of phenolic OH excluding ortho intramolecular Hbond substituents is 1. The zero-order valence-corrected chi connectivity index (χ0v) is 45.1. The fourth-order valence-electron chi connectivity index (χ4n) is 7.42. The number of aromatic nitrogens is 2. The quantitative estimate of drug-likeness (QED) is 0.0381. The average Bonchev–Trinajstić information content (AvgIpc) is 4.14. The highest BCUT2D eigenvalue weighted by atomic mass is 33.1. The van der Waals surface area contributed by atoms with Crippen LogP contribution < -0.4 is 37.2 Å². The maximum absolute atomic E-state index is 14.5. The van der Waals surface area contributed by atoms with Crippen molar-refractivity contribution in [3.63, 3.8) is 0 Å². The molecule has 6 amide bonds. The summed E-state index contributed by atoms with van der Waals surface area (Å²) in [6.45, 7) is 1.16. The summed E-state index contributed by atoms with van der Waals surface area (Å²) in [5, 5.41) is 79.0. The minimum absolute atomic E-state index is 0.0175. The van der Waals surface area contributed by atoms with E-state index in [2.05, 4.69) is 47.2 Å². The summed E-state index contributed by atoms with van der Waals surface area (Å²) in [7, 11) is 1.78. The Morgan fingerprint density at radius 2 is 1.63 bits per heavy atom. The fourth-order valence-corrected chi connectivity index (χ4v) is 10.7. The van der Waals surface area contributed by atoms with E-state index in [9.17, 15) is 69.0 Å². The molecule has 31 heteroatoms. The number of benzene rings is 1. The monoisotopic (exact) mass is 1150 g/mol. The highest BCUT2D eigenvalue weighted by molar-refractivity contribution is 8.76. The number of Topliss-reactive ketones (excluding diaryl/α,β-unsaturated/α-hetero) is 1. The van der Waals surface area contributed by atoms with Gasteiger partial charge in [0, 0.05) is 37.4 Å². The second kappa shape index (κ2) is 28.8. The van der Waals surface area contributed by atoms with Crippen molar-refractivity contribution in [3.05, 3.63) is 53.0 Å². The maximum atomic E-state index is 14.5. The standard InChI is InChI=1S/C45H58N10O16S5/c1-20(2)12-30(59)39-54-32(44(68)71-39)40(72)46-14-31(60)47-26(16-56)34(61)50-29-19-76-75-18-28(36(63)48-24(43(66)67)9-11-74-3)51-35(62)27(17-57)52-41(73)33-45(69)70-38(53-33)22-8-10-55(15-22)42(65)25(49-37(29)64)13-21-4-6-23(58)7-5-21/h4-7,20,22,24-29,56-58,68-69H,8-19H2,1-3H3,(H,46,72)(H,47,60)(H,48,63)(H,49,64)(H,50,61)(H,51,62)(H,52,73)(H,66,67)/t22?,24-,25-,26-,27?,28-,29-/m0/s1. The van der Waals surface area contributed by atoms with E-state index in [0.29, 0.717) is 11.3 Å². The molecular formula is C45H58N10O16S5. The third-order valence-electron chi connectivity index (χ3n) is 11.4. The van der Waals surface area contributed by atoms with E-state index < -0.39 is 127 Å². The van der Waals surface area contributed by atoms with Crippen LogP contribution in [0.25, 0.3) is 0 Å². The topological polar surface area (TPSA) is 397 Å². The van der Waals surface area contributed by atoms with E-state index >= 15 is 0 Å². The van der Waals surface area contributed by atoms with Crippen LogP contribution >= 0.6 is 57.8 Å². The van der Waals surface area contributed by atoms with Gasteiger partial charge in [0.05, 0.1) is 25.7 Å². The first-order chi connectivity index (χ1) is 36.1. The zero-order chi connectivity index (χ0) is 55.8. The van der Waals surface area contributed by atoms with Crippen molar-refractivity contribution in [3.8, 4) is 17.6 Å². The number of carbonyl (C=O) groups is 8. The molecule has 7 atom stereocenters. The number of phenols is 1. The molecular weight excluding hydrogens is 1100 g/mol. The normalized spacial score (nSPS) is 20.5. The second-order valence-corrected chi connectivity index (χ2v) is 22.0. The van der Waals surface area contributed by atoms with Crippen LogP contribution in [0.5, 0.6) is 17.6 Å². The van der Waals surface area contributed by atoms with Crippen LogP contribution in [0.3, 0.4) is 0 Å². The summed E-state index contributed by atoms with van der Waals surface area (Å²) >= 11 is 12.0. The summed E-state index contributed by atoms with van der Waals surface area (Å²) in [5.41, 5.74) is -0.121. The van der Waals surface area contributed by atoms with Crippen molar-refractivity contribution >= 4 is 115 Å². The molecule has 2 aliphatic rings. The number of ketones is 1. The molecule has 0 radical (unpaired) electrons. The molecule has 76 heavy (non-hydrogen) atoms. The Balaban J connectivity index is 1.42. The van der Waals surface area contributed by atoms with Gasteiger partial charge in [-0.3, -0.25) is 33.6 Å². The van der Waals surface area contributed by atoms with Gasteiger partial charge < -0.3 is 81.6 Å². The largest absolute Gasteiger partial charge is 0.508 e. The number of carboxylic acid groups (broad SMARTS) is 1. The highest BCUT2D eigenvalue weighted by Gasteiger charge is 2.38. The first-order valence-electron chi connectivity index (χ1n) is 23.4. The van der Waals surface area contributed by atoms with Crippen LogP contribution in [-0.4, -0.2) is 195 Å². The van der Waals surface area contributed by atoms with Crippen LogP contribution in [0.2, 0.25) is 0 Å². The van der Waals surface area contributed by atoms with E-state index in [1.807, 2.05) is 0 Å². The molecule has 1 fully saturated rings. The Bertz CT molecular complexity index is 2620. The van der Waals surface area contributed by atoms with Gasteiger partial charge in [0.15, 0.2) is 11.4 Å². The summed E-state index contributed by atoms with van der Waals surface area (Å²) in [6.07, 6.45) is 1.97. The summed E-state index contributed by atoms with van der Waals surface area (Å²) in [4.78, 5) is 117. The van der Waals surface area contributed by atoms with Gasteiger partial charge in [-0.05, 0) is 48.5 Å². The molecule has 2 unspecified atom stereocenters. The van der Waals surface area contributed by atoms with E-state index in [1.54, 1.807) is 20.1 Å². The van der Waals surface area contributed by atoms with Gasteiger partial charge in [0.1, 0.15) is 52.0 Å². The summed E-state index contributed by atoms with van der Waals surface area (Å²) in [5.74, 6) is -10.3. The van der Waals surface area contributed by atoms with Crippen molar-refractivity contribution in [1.29, 1.82) is 0 Å². The lowest BCUT2D eigenvalue weighted by Crippen LogP contribution is -2.59. The highest BCUT2D eigenvalue weighted by Crippen LogP contribution is 2.32. The minimum atomic E-state index is -1.71. The van der Waals surface area contributed by atoms with Crippen molar-refractivity contribution in [1.82, 2.24) is 52.1 Å². The average molecular weight is 1160 g/mol. The Morgan fingerprint density at radius 1 is 0.921 bits per heavy atom. The molecule has 4 bridgehead atoms. The third kappa shape index (κ3) is 17.1. The number of carbonyl (C=O) groups excluding carboxylic acids is 7. The summed E-state index contributed by atoms with van der Waals surface area (Å²) in [6, 6.07) is -3.20. The predicted molar refractivity (Wildman–Crippen MR) is 284 cm³/mol. The molecule has 26 nitrogen and oxygen atoms in total.